The van der Waals surface area contributed by atoms with Crippen molar-refractivity contribution >= 4 is 16.0 Å². The third kappa shape index (κ3) is 36.9. The largest absolute Gasteiger partial charge is 0.387 e. The second-order valence-electron chi connectivity index (χ2n) is 13.2. The van der Waals surface area contributed by atoms with Crippen LogP contribution in [0.1, 0.15) is 168 Å². The lowest BCUT2D eigenvalue weighted by Gasteiger charge is -2.21. The fourth-order valence-corrected chi connectivity index (χ4v) is 6.10. The maximum absolute atomic E-state index is 12.5. The van der Waals surface area contributed by atoms with Gasteiger partial charge < -0.3 is 10.4 Å². The Kier molecular flexibility index (Phi) is 34.0. The summed E-state index contributed by atoms with van der Waals surface area (Å²) in [7, 11) is -4.36. The number of rotatable bonds is 34. The van der Waals surface area contributed by atoms with Crippen molar-refractivity contribution in [3.63, 3.8) is 0 Å². The van der Waals surface area contributed by atoms with E-state index in [2.05, 4.69) is 79.9 Å². The molecule has 0 aliphatic rings. The molecule has 0 saturated heterocycles. The molecule has 0 aromatic rings. The van der Waals surface area contributed by atoms with E-state index in [1.165, 1.54) is 63.9 Å². The molecule has 2 unspecified atom stereocenters. The van der Waals surface area contributed by atoms with Crippen LogP contribution in [0.3, 0.4) is 0 Å². The summed E-state index contributed by atoms with van der Waals surface area (Å²) in [5.41, 5.74) is 0. The van der Waals surface area contributed by atoms with Gasteiger partial charge in [0.15, 0.2) is 0 Å². The molecule has 0 rings (SSSR count). The maximum Gasteiger partial charge on any atom is 0.267 e. The molecular formula is C42H73NO5S. The predicted octanol–water partition coefficient (Wildman–Crippen LogP) is 11.5. The fourth-order valence-electron chi connectivity index (χ4n) is 5.37. The first-order valence-corrected chi connectivity index (χ1v) is 21.2. The normalized spacial score (nSPS) is 14.1. The summed E-state index contributed by atoms with van der Waals surface area (Å²) in [6.45, 7) is 4.46. The van der Waals surface area contributed by atoms with Crippen molar-refractivity contribution in [3.05, 3.63) is 72.9 Å². The summed E-state index contributed by atoms with van der Waals surface area (Å²) < 4.78 is 32.4. The summed E-state index contributed by atoms with van der Waals surface area (Å²) in [6, 6.07) is -1.09. The molecule has 2 atom stereocenters. The Balaban J connectivity index is 4.03. The zero-order valence-corrected chi connectivity index (χ0v) is 32.1. The molecule has 1 amide bonds. The number of amides is 1. The van der Waals surface area contributed by atoms with E-state index in [4.69, 9.17) is 0 Å². The molecule has 0 heterocycles. The number of allylic oxidation sites excluding steroid dienone is 11. The van der Waals surface area contributed by atoms with Crippen LogP contribution in [0.4, 0.5) is 0 Å². The van der Waals surface area contributed by atoms with Crippen LogP contribution in [0.2, 0.25) is 0 Å². The number of aliphatic hydroxyl groups is 1. The molecule has 0 aliphatic carbocycles. The Labute approximate surface area is 302 Å². The third-order valence-electron chi connectivity index (χ3n) is 8.33. The maximum atomic E-state index is 12.5. The molecule has 3 N–H and O–H groups in total. The first-order valence-electron chi connectivity index (χ1n) is 19.6. The van der Waals surface area contributed by atoms with Gasteiger partial charge in [0, 0.05) is 6.42 Å². The molecule has 0 radical (unpaired) electrons. The zero-order chi connectivity index (χ0) is 36.1. The molecule has 6 nitrogen and oxygen atoms in total. The van der Waals surface area contributed by atoms with Gasteiger partial charge in [-0.3, -0.25) is 9.35 Å². The van der Waals surface area contributed by atoms with Crippen LogP contribution < -0.4 is 5.32 Å². The SMILES string of the molecule is CCCCC/C=C/CC/C=C/CC/C=C/C(O)C(CS(=O)(=O)O)NC(=O)CCCCCCCC/C=C\C/C=C\C/C=C\CCCCCCC. The highest BCUT2D eigenvalue weighted by atomic mass is 32.2. The van der Waals surface area contributed by atoms with Crippen molar-refractivity contribution in [2.24, 2.45) is 0 Å². The summed E-state index contributed by atoms with van der Waals surface area (Å²) in [5, 5.41) is 13.1. The van der Waals surface area contributed by atoms with E-state index in [-0.39, 0.29) is 12.3 Å². The van der Waals surface area contributed by atoms with Crippen molar-refractivity contribution < 1.29 is 22.9 Å². The van der Waals surface area contributed by atoms with Crippen LogP contribution in [0.15, 0.2) is 72.9 Å². The summed E-state index contributed by atoms with van der Waals surface area (Å²) in [6.07, 6.45) is 50.3. The molecule has 0 saturated carbocycles. The first kappa shape index (κ1) is 46.8. The lowest BCUT2D eigenvalue weighted by molar-refractivity contribution is -0.122. The summed E-state index contributed by atoms with van der Waals surface area (Å²) in [4.78, 5) is 12.5. The lowest BCUT2D eigenvalue weighted by Crippen LogP contribution is -2.46. The van der Waals surface area contributed by atoms with Gasteiger partial charge in [0.05, 0.1) is 17.9 Å². The highest BCUT2D eigenvalue weighted by Crippen LogP contribution is 2.11. The summed E-state index contributed by atoms with van der Waals surface area (Å²) in [5.74, 6) is -1.03. The highest BCUT2D eigenvalue weighted by molar-refractivity contribution is 7.85. The van der Waals surface area contributed by atoms with Crippen molar-refractivity contribution in [1.29, 1.82) is 0 Å². The molecule has 0 aliphatic heterocycles. The van der Waals surface area contributed by atoms with Gasteiger partial charge in [0.25, 0.3) is 10.1 Å². The molecule has 0 fully saturated rings. The van der Waals surface area contributed by atoms with Crippen LogP contribution >= 0.6 is 0 Å². The minimum Gasteiger partial charge on any atom is -0.387 e. The number of nitrogens with one attached hydrogen (secondary N) is 1. The van der Waals surface area contributed by atoms with Gasteiger partial charge in [-0.1, -0.05) is 151 Å². The standard InChI is InChI=1S/C42H73NO5S/c1-3-5-7-9-11-13-15-17-18-19-20-21-22-23-24-26-28-30-32-34-36-38-42(45)43-40(39-49(46,47)48)41(44)37-35-33-31-29-27-25-16-14-12-10-8-6-4-2/h12,14-15,17,19-20,22-23,27,29,35,37,40-41,44H,3-11,13,16,18,21,24-26,28,30-34,36,38-39H2,1-2H3,(H,43,45)(H,46,47,48)/b14-12+,17-15-,20-19-,23-22-,29-27+,37-35+. The number of unbranched alkanes of at least 4 members (excludes halogenated alkanes) is 16. The number of hydrogen-bond acceptors (Lipinski definition) is 4. The van der Waals surface area contributed by atoms with Crippen molar-refractivity contribution in [2.45, 2.75) is 180 Å². The van der Waals surface area contributed by atoms with E-state index in [0.29, 0.717) is 12.8 Å². The lowest BCUT2D eigenvalue weighted by atomic mass is 10.1. The van der Waals surface area contributed by atoms with Crippen LogP contribution in [0, 0.1) is 0 Å². The van der Waals surface area contributed by atoms with Crippen molar-refractivity contribution in [1.82, 2.24) is 5.32 Å². The Hall–Kier alpha value is -2.22. The first-order chi connectivity index (χ1) is 23.8. The van der Waals surface area contributed by atoms with Crippen LogP contribution in [-0.4, -0.2) is 41.9 Å². The minimum absolute atomic E-state index is 0.266. The molecule has 0 aromatic carbocycles. The smallest absolute Gasteiger partial charge is 0.267 e. The zero-order valence-electron chi connectivity index (χ0n) is 31.3. The van der Waals surface area contributed by atoms with Gasteiger partial charge in [0.1, 0.15) is 0 Å². The fraction of sp³-hybridized carbons (Fsp3) is 0.690. The van der Waals surface area contributed by atoms with Crippen LogP contribution in [-0.2, 0) is 14.9 Å². The van der Waals surface area contributed by atoms with Gasteiger partial charge in [-0.25, -0.2) is 0 Å². The highest BCUT2D eigenvalue weighted by Gasteiger charge is 2.24. The summed E-state index contributed by atoms with van der Waals surface area (Å²) >= 11 is 0. The Morgan fingerprint density at radius 1 is 0.551 bits per heavy atom. The van der Waals surface area contributed by atoms with Crippen molar-refractivity contribution in [2.75, 3.05) is 5.75 Å². The van der Waals surface area contributed by atoms with Crippen molar-refractivity contribution in [3.8, 4) is 0 Å². The number of carbonyl (C=O) groups is 1. The van der Waals surface area contributed by atoms with Gasteiger partial charge in [-0.2, -0.15) is 8.42 Å². The molecular weight excluding hydrogens is 631 g/mol. The van der Waals surface area contributed by atoms with E-state index in [1.807, 2.05) is 0 Å². The van der Waals surface area contributed by atoms with E-state index in [0.717, 1.165) is 77.0 Å². The van der Waals surface area contributed by atoms with Gasteiger partial charge in [-0.05, 0) is 83.5 Å². The predicted molar refractivity (Wildman–Crippen MR) is 211 cm³/mol. The molecule has 282 valence electrons. The Morgan fingerprint density at radius 3 is 1.47 bits per heavy atom. The van der Waals surface area contributed by atoms with E-state index in [9.17, 15) is 22.9 Å². The van der Waals surface area contributed by atoms with Crippen LogP contribution in [0.25, 0.3) is 0 Å². The second kappa shape index (κ2) is 35.6. The molecule has 7 heteroatoms. The van der Waals surface area contributed by atoms with E-state index >= 15 is 0 Å². The van der Waals surface area contributed by atoms with E-state index in [1.54, 1.807) is 6.08 Å². The third-order valence-corrected chi connectivity index (χ3v) is 9.11. The van der Waals surface area contributed by atoms with Crippen LogP contribution in [0.5, 0.6) is 0 Å². The quantitative estimate of drug-likeness (QED) is 0.0351. The monoisotopic (exact) mass is 704 g/mol. The number of aliphatic hydroxyl groups excluding tert-OH is 1. The Morgan fingerprint density at radius 2 is 0.939 bits per heavy atom. The van der Waals surface area contributed by atoms with Gasteiger partial charge in [-0.15, -0.1) is 0 Å². The topological polar surface area (TPSA) is 104 Å². The van der Waals surface area contributed by atoms with Gasteiger partial charge >= 0.3 is 0 Å². The Bertz CT molecular complexity index is 1040. The molecule has 49 heavy (non-hydrogen) atoms. The average Bonchev–Trinajstić information content (AvgIpc) is 3.06. The molecule has 0 bridgehead atoms. The van der Waals surface area contributed by atoms with E-state index < -0.39 is 28.0 Å². The average molecular weight is 704 g/mol. The molecule has 0 aromatic heterocycles. The second-order valence-corrected chi connectivity index (χ2v) is 14.7. The minimum atomic E-state index is -4.36. The number of carbonyl (C=O) groups excluding carboxylic acids is 1. The number of hydrogen-bond donors (Lipinski definition) is 3. The molecule has 0 spiro atoms. The van der Waals surface area contributed by atoms with Gasteiger partial charge in [0.2, 0.25) is 5.91 Å².